The molecule has 2 fully saturated rings. The summed E-state index contributed by atoms with van der Waals surface area (Å²) < 4.78 is 13.5. The number of carbonyl (C=O) groups excluding carboxylic acids is 1. The van der Waals surface area contributed by atoms with E-state index in [1.54, 1.807) is 19.1 Å². The van der Waals surface area contributed by atoms with Crippen LogP contribution in [-0.4, -0.2) is 54.5 Å². The van der Waals surface area contributed by atoms with E-state index in [4.69, 9.17) is 0 Å². The van der Waals surface area contributed by atoms with Gasteiger partial charge < -0.3 is 5.32 Å². The van der Waals surface area contributed by atoms with E-state index in [9.17, 15) is 9.18 Å². The van der Waals surface area contributed by atoms with Gasteiger partial charge in [0, 0.05) is 37.9 Å². The van der Waals surface area contributed by atoms with Crippen LogP contribution in [0.4, 0.5) is 10.1 Å². The highest BCUT2D eigenvalue weighted by atomic mass is 19.1. The standard InChI is InChI=1S/C18H26FN3O/c1-14-6-7-15(12-17(14)19)20-18(23)13-21-8-10-22(11-9-21)16-4-2-3-5-16/h6-7,12,16H,2-5,8-11,13H2,1H3,(H,20,23). The van der Waals surface area contributed by atoms with Gasteiger partial charge >= 0.3 is 0 Å². The number of halogens is 1. The normalized spacial score (nSPS) is 20.8. The van der Waals surface area contributed by atoms with E-state index in [2.05, 4.69) is 15.1 Å². The average Bonchev–Trinajstić information content (AvgIpc) is 3.06. The fourth-order valence-corrected chi connectivity index (χ4v) is 3.63. The summed E-state index contributed by atoms with van der Waals surface area (Å²) in [5.41, 5.74) is 1.12. The van der Waals surface area contributed by atoms with Gasteiger partial charge in [-0.15, -0.1) is 0 Å². The predicted molar refractivity (Wildman–Crippen MR) is 90.0 cm³/mol. The van der Waals surface area contributed by atoms with Crippen LogP contribution in [0.1, 0.15) is 31.2 Å². The molecular formula is C18H26FN3O. The molecule has 1 saturated heterocycles. The Morgan fingerprint density at radius 2 is 1.91 bits per heavy atom. The van der Waals surface area contributed by atoms with Crippen LogP contribution in [0, 0.1) is 12.7 Å². The van der Waals surface area contributed by atoms with Crippen LogP contribution in [-0.2, 0) is 4.79 Å². The Morgan fingerprint density at radius 1 is 1.22 bits per heavy atom. The molecule has 23 heavy (non-hydrogen) atoms. The van der Waals surface area contributed by atoms with Gasteiger partial charge in [-0.25, -0.2) is 4.39 Å². The fraction of sp³-hybridized carbons (Fsp3) is 0.611. The number of hydrogen-bond donors (Lipinski definition) is 1. The van der Waals surface area contributed by atoms with E-state index in [0.29, 0.717) is 17.8 Å². The highest BCUT2D eigenvalue weighted by molar-refractivity contribution is 5.92. The van der Waals surface area contributed by atoms with Crippen LogP contribution in [0.15, 0.2) is 18.2 Å². The molecule has 1 N–H and O–H groups in total. The monoisotopic (exact) mass is 319 g/mol. The molecule has 0 unspecified atom stereocenters. The van der Waals surface area contributed by atoms with E-state index >= 15 is 0 Å². The number of benzene rings is 1. The van der Waals surface area contributed by atoms with Crippen molar-refractivity contribution in [3.63, 3.8) is 0 Å². The van der Waals surface area contributed by atoms with Crippen molar-refractivity contribution in [1.82, 2.24) is 9.80 Å². The first-order valence-electron chi connectivity index (χ1n) is 8.64. The summed E-state index contributed by atoms with van der Waals surface area (Å²) in [6, 6.07) is 5.58. The van der Waals surface area contributed by atoms with Crippen molar-refractivity contribution >= 4 is 11.6 Å². The van der Waals surface area contributed by atoms with Crippen LogP contribution in [0.5, 0.6) is 0 Å². The Labute approximate surface area is 137 Å². The zero-order chi connectivity index (χ0) is 16.2. The third-order valence-electron chi connectivity index (χ3n) is 5.07. The molecule has 1 saturated carbocycles. The first-order chi connectivity index (χ1) is 11.1. The Morgan fingerprint density at radius 3 is 2.57 bits per heavy atom. The summed E-state index contributed by atoms with van der Waals surface area (Å²) in [5, 5.41) is 2.79. The molecule has 0 aromatic heterocycles. The maximum Gasteiger partial charge on any atom is 0.238 e. The number of carbonyl (C=O) groups is 1. The number of nitrogens with one attached hydrogen (secondary N) is 1. The molecular weight excluding hydrogens is 293 g/mol. The van der Waals surface area contributed by atoms with E-state index in [1.807, 2.05) is 0 Å². The summed E-state index contributed by atoms with van der Waals surface area (Å²) in [6.07, 6.45) is 5.39. The van der Waals surface area contributed by atoms with Crippen LogP contribution >= 0.6 is 0 Å². The van der Waals surface area contributed by atoms with Gasteiger partial charge in [-0.05, 0) is 37.5 Å². The van der Waals surface area contributed by atoms with Gasteiger partial charge in [0.25, 0.3) is 0 Å². The number of rotatable bonds is 4. The Bertz CT molecular complexity index is 549. The Balaban J connectivity index is 1.44. The molecule has 1 aliphatic carbocycles. The average molecular weight is 319 g/mol. The maximum absolute atomic E-state index is 13.5. The van der Waals surface area contributed by atoms with Crippen LogP contribution in [0.25, 0.3) is 0 Å². The van der Waals surface area contributed by atoms with Crippen molar-refractivity contribution in [2.24, 2.45) is 0 Å². The van der Waals surface area contributed by atoms with Crippen LogP contribution in [0.3, 0.4) is 0 Å². The largest absolute Gasteiger partial charge is 0.325 e. The van der Waals surface area contributed by atoms with E-state index in [1.165, 1.54) is 31.7 Å². The van der Waals surface area contributed by atoms with E-state index in [-0.39, 0.29) is 11.7 Å². The Kier molecular flexibility index (Phi) is 5.28. The van der Waals surface area contributed by atoms with Gasteiger partial charge in [-0.1, -0.05) is 18.9 Å². The SMILES string of the molecule is Cc1ccc(NC(=O)CN2CCN(C3CCCC3)CC2)cc1F. The smallest absolute Gasteiger partial charge is 0.238 e. The first kappa shape index (κ1) is 16.4. The number of anilines is 1. The summed E-state index contributed by atoms with van der Waals surface area (Å²) in [4.78, 5) is 16.9. The zero-order valence-corrected chi connectivity index (χ0v) is 13.9. The molecule has 0 radical (unpaired) electrons. The number of aryl methyl sites for hydroxylation is 1. The summed E-state index contributed by atoms with van der Waals surface area (Å²) >= 11 is 0. The second-order valence-corrected chi connectivity index (χ2v) is 6.76. The molecule has 1 aliphatic heterocycles. The molecule has 0 spiro atoms. The minimum Gasteiger partial charge on any atom is -0.325 e. The molecule has 126 valence electrons. The lowest BCUT2D eigenvalue weighted by molar-refractivity contribution is -0.117. The van der Waals surface area contributed by atoms with Gasteiger partial charge in [0.2, 0.25) is 5.91 Å². The minimum atomic E-state index is -0.284. The number of hydrogen-bond acceptors (Lipinski definition) is 3. The third-order valence-corrected chi connectivity index (χ3v) is 5.07. The van der Waals surface area contributed by atoms with Crippen LogP contribution < -0.4 is 5.32 Å². The Hall–Kier alpha value is -1.46. The van der Waals surface area contributed by atoms with Gasteiger partial charge in [0.15, 0.2) is 0 Å². The molecule has 3 rings (SSSR count). The minimum absolute atomic E-state index is 0.0671. The fourth-order valence-electron chi connectivity index (χ4n) is 3.63. The highest BCUT2D eigenvalue weighted by Gasteiger charge is 2.26. The molecule has 0 bridgehead atoms. The molecule has 1 heterocycles. The van der Waals surface area contributed by atoms with Gasteiger partial charge in [-0.3, -0.25) is 14.6 Å². The van der Waals surface area contributed by atoms with Crippen molar-refractivity contribution in [3.8, 4) is 0 Å². The summed E-state index contributed by atoms with van der Waals surface area (Å²) in [5.74, 6) is -0.351. The lowest BCUT2D eigenvalue weighted by atomic mass is 10.2. The number of amides is 1. The molecule has 2 aliphatic rings. The number of piperazine rings is 1. The molecule has 0 atom stereocenters. The van der Waals surface area contributed by atoms with Gasteiger partial charge in [-0.2, -0.15) is 0 Å². The van der Waals surface area contributed by atoms with Gasteiger partial charge in [0.05, 0.1) is 6.54 Å². The molecule has 1 aromatic carbocycles. The molecule has 4 nitrogen and oxygen atoms in total. The summed E-state index contributed by atoms with van der Waals surface area (Å²) in [6.45, 7) is 6.07. The van der Waals surface area contributed by atoms with Crippen molar-refractivity contribution in [1.29, 1.82) is 0 Å². The summed E-state index contributed by atoms with van der Waals surface area (Å²) in [7, 11) is 0. The first-order valence-corrected chi connectivity index (χ1v) is 8.64. The zero-order valence-electron chi connectivity index (χ0n) is 13.9. The topological polar surface area (TPSA) is 35.6 Å². The molecule has 5 heteroatoms. The van der Waals surface area contributed by atoms with Crippen molar-refractivity contribution in [2.45, 2.75) is 38.6 Å². The van der Waals surface area contributed by atoms with E-state index < -0.39 is 0 Å². The lowest BCUT2D eigenvalue weighted by Gasteiger charge is -2.37. The quantitative estimate of drug-likeness (QED) is 0.927. The van der Waals surface area contributed by atoms with Gasteiger partial charge in [0.1, 0.15) is 5.82 Å². The maximum atomic E-state index is 13.5. The lowest BCUT2D eigenvalue weighted by Crippen LogP contribution is -2.51. The molecule has 1 aromatic rings. The third kappa shape index (κ3) is 4.30. The molecule has 1 amide bonds. The van der Waals surface area contributed by atoms with Crippen molar-refractivity contribution < 1.29 is 9.18 Å². The second kappa shape index (κ2) is 7.41. The van der Waals surface area contributed by atoms with Crippen molar-refractivity contribution in [3.05, 3.63) is 29.6 Å². The second-order valence-electron chi connectivity index (χ2n) is 6.76. The number of nitrogens with zero attached hydrogens (tertiary/aromatic N) is 2. The highest BCUT2D eigenvalue weighted by Crippen LogP contribution is 2.24. The predicted octanol–water partition coefficient (Wildman–Crippen LogP) is 2.63. The van der Waals surface area contributed by atoms with Crippen molar-refractivity contribution in [2.75, 3.05) is 38.0 Å². The van der Waals surface area contributed by atoms with E-state index in [0.717, 1.165) is 32.2 Å². The van der Waals surface area contributed by atoms with Crippen LogP contribution in [0.2, 0.25) is 0 Å².